The Balaban J connectivity index is 1.76. The fraction of sp³-hybridized carbons (Fsp3) is 0.467. The van der Waals surface area contributed by atoms with Crippen molar-refractivity contribution in [2.45, 2.75) is 6.92 Å². The first kappa shape index (κ1) is 15.4. The molecule has 1 saturated heterocycles. The highest BCUT2D eigenvalue weighted by molar-refractivity contribution is 5.78. The molecule has 6 heteroatoms. The molecule has 114 valence electrons. The predicted octanol–water partition coefficient (Wildman–Crippen LogP) is 0.938. The maximum Gasteiger partial charge on any atom is 0.260 e. The van der Waals surface area contributed by atoms with Gasteiger partial charge < -0.3 is 9.64 Å². The van der Waals surface area contributed by atoms with Gasteiger partial charge in [-0.3, -0.25) is 14.5 Å². The predicted molar refractivity (Wildman–Crippen MR) is 75.6 cm³/mol. The van der Waals surface area contributed by atoms with Crippen molar-refractivity contribution in [2.75, 3.05) is 39.3 Å². The highest BCUT2D eigenvalue weighted by Gasteiger charge is 2.21. The second kappa shape index (κ2) is 7.17. The third-order valence-corrected chi connectivity index (χ3v) is 3.33. The van der Waals surface area contributed by atoms with E-state index in [1.807, 2.05) is 4.90 Å². The second-order valence-electron chi connectivity index (χ2n) is 5.10. The van der Waals surface area contributed by atoms with E-state index in [2.05, 4.69) is 0 Å². The molecule has 21 heavy (non-hydrogen) atoms. The molecular weight excluding hydrogens is 275 g/mol. The van der Waals surface area contributed by atoms with Crippen molar-refractivity contribution < 1.29 is 18.7 Å². The molecule has 1 amide bonds. The number of amides is 1. The van der Waals surface area contributed by atoms with E-state index < -0.39 is 5.82 Å². The number of Topliss-reactive ketones (excluding diaryl/α,β-unsaturated/α-hetero) is 1. The van der Waals surface area contributed by atoms with Gasteiger partial charge in [0.2, 0.25) is 0 Å². The number of hydrogen-bond donors (Lipinski definition) is 0. The highest BCUT2D eigenvalue weighted by atomic mass is 19.1. The number of hydrogen-bond acceptors (Lipinski definition) is 4. The van der Waals surface area contributed by atoms with Crippen LogP contribution in [-0.2, 0) is 9.59 Å². The number of ketones is 1. The summed E-state index contributed by atoms with van der Waals surface area (Å²) in [6.45, 7) is 4.43. The summed E-state index contributed by atoms with van der Waals surface area (Å²) >= 11 is 0. The highest BCUT2D eigenvalue weighted by Crippen LogP contribution is 2.12. The van der Waals surface area contributed by atoms with Gasteiger partial charge in [-0.15, -0.1) is 0 Å². The Bertz CT molecular complexity index is 513. The van der Waals surface area contributed by atoms with Gasteiger partial charge in [-0.25, -0.2) is 4.39 Å². The minimum absolute atomic E-state index is 0.101. The van der Waals surface area contributed by atoms with Gasteiger partial charge in [0, 0.05) is 32.2 Å². The Labute approximate surface area is 123 Å². The van der Waals surface area contributed by atoms with Crippen molar-refractivity contribution in [3.63, 3.8) is 0 Å². The van der Waals surface area contributed by atoms with Crippen LogP contribution in [-0.4, -0.2) is 60.8 Å². The molecule has 0 saturated carbocycles. The van der Waals surface area contributed by atoms with Gasteiger partial charge in [0.15, 0.2) is 6.61 Å². The Morgan fingerprint density at radius 2 is 1.95 bits per heavy atom. The summed E-state index contributed by atoms with van der Waals surface area (Å²) in [5.74, 6) is -0.0395. The molecule has 2 rings (SSSR count). The molecule has 0 radical (unpaired) electrons. The first-order valence-corrected chi connectivity index (χ1v) is 6.92. The summed E-state index contributed by atoms with van der Waals surface area (Å²) in [6, 6.07) is 5.72. The van der Waals surface area contributed by atoms with Gasteiger partial charge in [0.25, 0.3) is 5.91 Å². The molecule has 1 aromatic carbocycles. The lowest BCUT2D eigenvalue weighted by Gasteiger charge is -2.34. The summed E-state index contributed by atoms with van der Waals surface area (Å²) in [5.41, 5.74) is 0. The smallest absolute Gasteiger partial charge is 0.260 e. The van der Waals surface area contributed by atoms with E-state index in [-0.39, 0.29) is 18.3 Å². The lowest BCUT2D eigenvalue weighted by Crippen LogP contribution is -2.50. The van der Waals surface area contributed by atoms with E-state index in [4.69, 9.17) is 4.74 Å². The van der Waals surface area contributed by atoms with E-state index in [0.717, 1.165) is 0 Å². The molecule has 1 aliphatic rings. The average molecular weight is 294 g/mol. The maximum atomic E-state index is 13.0. The van der Waals surface area contributed by atoms with E-state index in [0.29, 0.717) is 38.5 Å². The fourth-order valence-electron chi connectivity index (χ4n) is 2.26. The third kappa shape index (κ3) is 4.82. The van der Waals surface area contributed by atoms with Crippen molar-refractivity contribution in [1.29, 1.82) is 0 Å². The molecule has 5 nitrogen and oxygen atoms in total. The summed E-state index contributed by atoms with van der Waals surface area (Å²) in [7, 11) is 0. The number of ether oxygens (including phenoxy) is 1. The lowest BCUT2D eigenvalue weighted by molar-refractivity contribution is -0.135. The van der Waals surface area contributed by atoms with Crippen molar-refractivity contribution in [2.24, 2.45) is 0 Å². The zero-order valence-electron chi connectivity index (χ0n) is 12.0. The Hall–Kier alpha value is -1.95. The van der Waals surface area contributed by atoms with Gasteiger partial charge in [0.1, 0.15) is 17.3 Å². The number of piperazine rings is 1. The van der Waals surface area contributed by atoms with Crippen molar-refractivity contribution in [3.8, 4) is 5.75 Å². The van der Waals surface area contributed by atoms with Crippen molar-refractivity contribution in [1.82, 2.24) is 9.80 Å². The second-order valence-corrected chi connectivity index (χ2v) is 5.10. The number of carbonyl (C=O) groups is 2. The molecular formula is C15H19FN2O3. The fourth-order valence-corrected chi connectivity index (χ4v) is 2.26. The number of carbonyl (C=O) groups excluding carboxylic acids is 2. The quantitative estimate of drug-likeness (QED) is 0.811. The van der Waals surface area contributed by atoms with Crippen LogP contribution in [0.3, 0.4) is 0 Å². The number of benzene rings is 1. The minimum atomic E-state index is -0.391. The molecule has 0 unspecified atom stereocenters. The molecule has 0 aromatic heterocycles. The van der Waals surface area contributed by atoms with Crippen LogP contribution < -0.4 is 4.74 Å². The van der Waals surface area contributed by atoms with Crippen LogP contribution in [0.1, 0.15) is 6.92 Å². The average Bonchev–Trinajstić information content (AvgIpc) is 2.45. The van der Waals surface area contributed by atoms with Crippen LogP contribution in [0.4, 0.5) is 4.39 Å². The molecule has 0 aliphatic carbocycles. The largest absolute Gasteiger partial charge is 0.484 e. The number of halogens is 1. The summed E-state index contributed by atoms with van der Waals surface area (Å²) in [5, 5.41) is 0. The zero-order valence-corrected chi connectivity index (χ0v) is 12.0. The van der Waals surface area contributed by atoms with E-state index in [1.54, 1.807) is 17.9 Å². The third-order valence-electron chi connectivity index (χ3n) is 3.33. The first-order chi connectivity index (χ1) is 10.0. The van der Waals surface area contributed by atoms with E-state index in [9.17, 15) is 14.0 Å². The molecule has 0 bridgehead atoms. The topological polar surface area (TPSA) is 49.9 Å². The van der Waals surface area contributed by atoms with Crippen LogP contribution in [0.15, 0.2) is 24.3 Å². The Kier molecular flexibility index (Phi) is 5.27. The van der Waals surface area contributed by atoms with Crippen molar-refractivity contribution in [3.05, 3.63) is 30.1 Å². The van der Waals surface area contributed by atoms with Crippen LogP contribution in [0.5, 0.6) is 5.75 Å². The van der Waals surface area contributed by atoms with Gasteiger partial charge in [-0.2, -0.15) is 0 Å². The van der Waals surface area contributed by atoms with E-state index in [1.165, 1.54) is 18.2 Å². The minimum Gasteiger partial charge on any atom is -0.484 e. The standard InChI is InChI=1S/C15H19FN2O3/c1-12(19)10-17-5-7-18(8-6-17)15(20)11-21-14-4-2-3-13(16)9-14/h2-4,9H,5-8,10-11H2,1H3. The van der Waals surface area contributed by atoms with Gasteiger partial charge >= 0.3 is 0 Å². The molecule has 1 aliphatic heterocycles. The molecule has 1 fully saturated rings. The van der Waals surface area contributed by atoms with E-state index >= 15 is 0 Å². The van der Waals surface area contributed by atoms with Gasteiger partial charge in [0.05, 0.1) is 6.54 Å². The zero-order chi connectivity index (χ0) is 15.2. The normalized spacial score (nSPS) is 15.8. The monoisotopic (exact) mass is 294 g/mol. The van der Waals surface area contributed by atoms with Gasteiger partial charge in [-0.05, 0) is 19.1 Å². The lowest BCUT2D eigenvalue weighted by atomic mass is 10.3. The van der Waals surface area contributed by atoms with Crippen LogP contribution in [0.2, 0.25) is 0 Å². The van der Waals surface area contributed by atoms with Crippen LogP contribution in [0, 0.1) is 5.82 Å². The molecule has 0 N–H and O–H groups in total. The number of nitrogens with zero attached hydrogens (tertiary/aromatic N) is 2. The molecule has 1 aromatic rings. The SMILES string of the molecule is CC(=O)CN1CCN(C(=O)COc2cccc(F)c2)CC1. The van der Waals surface area contributed by atoms with Crippen LogP contribution >= 0.6 is 0 Å². The van der Waals surface area contributed by atoms with Gasteiger partial charge in [-0.1, -0.05) is 6.07 Å². The van der Waals surface area contributed by atoms with Crippen LogP contribution in [0.25, 0.3) is 0 Å². The molecule has 1 heterocycles. The Morgan fingerprint density at radius 3 is 2.57 bits per heavy atom. The Morgan fingerprint density at radius 1 is 1.24 bits per heavy atom. The first-order valence-electron chi connectivity index (χ1n) is 6.92. The summed E-state index contributed by atoms with van der Waals surface area (Å²) in [4.78, 5) is 26.8. The molecule has 0 spiro atoms. The summed E-state index contributed by atoms with van der Waals surface area (Å²) in [6.07, 6.45) is 0. The maximum absolute atomic E-state index is 13.0. The number of rotatable bonds is 5. The molecule has 0 atom stereocenters. The van der Waals surface area contributed by atoms with Crippen molar-refractivity contribution >= 4 is 11.7 Å². The summed E-state index contributed by atoms with van der Waals surface area (Å²) < 4.78 is 18.3.